The lowest BCUT2D eigenvalue weighted by molar-refractivity contribution is 0.0939. The fraction of sp³-hybridized carbons (Fsp3) is 0.385. The van der Waals surface area contributed by atoms with Crippen molar-refractivity contribution in [2.45, 2.75) is 31.7 Å². The summed E-state index contributed by atoms with van der Waals surface area (Å²) >= 11 is 0. The molecule has 0 bridgehead atoms. The van der Waals surface area contributed by atoms with E-state index >= 15 is 0 Å². The van der Waals surface area contributed by atoms with Crippen LogP contribution in [0, 0.1) is 0 Å². The Balaban J connectivity index is 1.87. The molecular weight excluding hydrogens is 214 g/mol. The molecule has 1 aliphatic carbocycles. The minimum absolute atomic E-state index is 0.0175. The molecule has 0 aliphatic heterocycles. The second kappa shape index (κ2) is 4.20. The average molecular weight is 229 g/mol. The third kappa shape index (κ3) is 1.90. The Morgan fingerprint density at radius 1 is 1.35 bits per heavy atom. The molecule has 17 heavy (non-hydrogen) atoms. The van der Waals surface area contributed by atoms with Crippen molar-refractivity contribution in [2.75, 3.05) is 0 Å². The highest BCUT2D eigenvalue weighted by atomic mass is 16.1. The molecule has 1 aliphatic rings. The number of nitrogens with zero attached hydrogens (tertiary/aromatic N) is 1. The topological polar surface area (TPSA) is 57.8 Å². The molecule has 0 unspecified atom stereocenters. The van der Waals surface area contributed by atoms with Crippen LogP contribution in [0.5, 0.6) is 0 Å². The van der Waals surface area contributed by atoms with Crippen LogP contribution >= 0.6 is 0 Å². The number of rotatable bonds is 2. The van der Waals surface area contributed by atoms with Gasteiger partial charge in [-0.05, 0) is 25.0 Å². The van der Waals surface area contributed by atoms with E-state index in [4.69, 9.17) is 0 Å². The number of hydrogen-bond donors (Lipinski definition) is 2. The first-order valence-electron chi connectivity index (χ1n) is 6.07. The lowest BCUT2D eigenvalue weighted by atomic mass is 10.1. The highest BCUT2D eigenvalue weighted by Crippen LogP contribution is 2.20. The van der Waals surface area contributed by atoms with Crippen LogP contribution in [0.25, 0.3) is 10.9 Å². The zero-order chi connectivity index (χ0) is 11.7. The quantitative estimate of drug-likeness (QED) is 0.829. The van der Waals surface area contributed by atoms with E-state index in [1.807, 2.05) is 18.2 Å². The van der Waals surface area contributed by atoms with Gasteiger partial charge in [0, 0.05) is 11.4 Å². The van der Waals surface area contributed by atoms with Gasteiger partial charge in [0.1, 0.15) is 0 Å². The van der Waals surface area contributed by atoms with Gasteiger partial charge in [0.05, 0.1) is 17.3 Å². The lowest BCUT2D eigenvalue weighted by Gasteiger charge is -2.12. The molecule has 0 radical (unpaired) electrons. The number of H-pyrrole nitrogens is 1. The number of aromatic amines is 1. The van der Waals surface area contributed by atoms with Crippen LogP contribution in [0.3, 0.4) is 0 Å². The Hall–Kier alpha value is -1.84. The van der Waals surface area contributed by atoms with Crippen molar-refractivity contribution in [3.05, 3.63) is 30.0 Å². The van der Waals surface area contributed by atoms with E-state index in [-0.39, 0.29) is 5.91 Å². The van der Waals surface area contributed by atoms with Crippen LogP contribution in [0.1, 0.15) is 36.0 Å². The monoisotopic (exact) mass is 229 g/mol. The van der Waals surface area contributed by atoms with Crippen molar-refractivity contribution in [1.29, 1.82) is 0 Å². The van der Waals surface area contributed by atoms with Crippen molar-refractivity contribution < 1.29 is 4.79 Å². The Labute approximate surface area is 99.4 Å². The molecule has 0 spiro atoms. The van der Waals surface area contributed by atoms with Crippen molar-refractivity contribution >= 4 is 16.8 Å². The van der Waals surface area contributed by atoms with Crippen LogP contribution in [-0.2, 0) is 0 Å². The van der Waals surface area contributed by atoms with Crippen LogP contribution in [0.4, 0.5) is 0 Å². The van der Waals surface area contributed by atoms with E-state index in [0.717, 1.165) is 23.7 Å². The van der Waals surface area contributed by atoms with Gasteiger partial charge in [0.25, 0.3) is 5.91 Å². The summed E-state index contributed by atoms with van der Waals surface area (Å²) in [5.74, 6) is 0.0175. The minimum Gasteiger partial charge on any atom is -0.349 e. The molecule has 2 N–H and O–H groups in total. The van der Waals surface area contributed by atoms with Gasteiger partial charge < -0.3 is 5.32 Å². The van der Waals surface area contributed by atoms with E-state index in [2.05, 4.69) is 15.5 Å². The maximum atomic E-state index is 12.2. The first-order valence-corrected chi connectivity index (χ1v) is 6.07. The first-order chi connectivity index (χ1) is 8.34. The van der Waals surface area contributed by atoms with E-state index in [1.54, 1.807) is 6.20 Å². The van der Waals surface area contributed by atoms with Gasteiger partial charge in [-0.25, -0.2) is 0 Å². The van der Waals surface area contributed by atoms with Crippen LogP contribution in [0.15, 0.2) is 24.4 Å². The molecule has 1 aromatic carbocycles. The summed E-state index contributed by atoms with van der Waals surface area (Å²) in [6, 6.07) is 6.01. The third-order valence-corrected chi connectivity index (χ3v) is 3.42. The predicted octanol–water partition coefficient (Wildman–Crippen LogP) is 2.24. The Morgan fingerprint density at radius 3 is 3.00 bits per heavy atom. The molecule has 1 aromatic heterocycles. The Bertz CT molecular complexity index is 540. The normalized spacial score (nSPS) is 16.5. The van der Waals surface area contributed by atoms with Crippen molar-refractivity contribution in [3.63, 3.8) is 0 Å². The zero-order valence-electron chi connectivity index (χ0n) is 9.57. The number of carbonyl (C=O) groups excluding carboxylic acids is 1. The van der Waals surface area contributed by atoms with E-state index in [1.165, 1.54) is 12.8 Å². The zero-order valence-corrected chi connectivity index (χ0v) is 9.57. The van der Waals surface area contributed by atoms with Crippen molar-refractivity contribution in [1.82, 2.24) is 15.5 Å². The van der Waals surface area contributed by atoms with E-state index < -0.39 is 0 Å². The second-order valence-corrected chi connectivity index (χ2v) is 4.59. The maximum Gasteiger partial charge on any atom is 0.252 e. The average Bonchev–Trinajstić information content (AvgIpc) is 2.97. The molecule has 0 atom stereocenters. The maximum absolute atomic E-state index is 12.2. The third-order valence-electron chi connectivity index (χ3n) is 3.42. The Kier molecular flexibility index (Phi) is 2.55. The van der Waals surface area contributed by atoms with Crippen LogP contribution in [0.2, 0.25) is 0 Å². The molecule has 2 aromatic rings. The van der Waals surface area contributed by atoms with Gasteiger partial charge in [-0.3, -0.25) is 9.89 Å². The first kappa shape index (κ1) is 10.3. The number of fused-ring (bicyclic) bond motifs is 1. The smallest absolute Gasteiger partial charge is 0.252 e. The van der Waals surface area contributed by atoms with Gasteiger partial charge in [-0.15, -0.1) is 0 Å². The standard InChI is InChI=1S/C13H15N3O/c17-13(15-9-4-1-2-5-9)10-6-3-7-12-11(10)8-14-16-12/h3,6-9H,1-2,4-5H2,(H,14,16)(H,15,17). The van der Waals surface area contributed by atoms with Gasteiger partial charge in [-0.1, -0.05) is 18.9 Å². The molecular formula is C13H15N3O. The molecule has 1 fully saturated rings. The fourth-order valence-corrected chi connectivity index (χ4v) is 2.50. The molecule has 0 saturated heterocycles. The predicted molar refractivity (Wildman–Crippen MR) is 65.8 cm³/mol. The summed E-state index contributed by atoms with van der Waals surface area (Å²) in [7, 11) is 0. The number of hydrogen-bond acceptors (Lipinski definition) is 2. The summed E-state index contributed by atoms with van der Waals surface area (Å²) < 4.78 is 0. The molecule has 3 rings (SSSR count). The largest absolute Gasteiger partial charge is 0.349 e. The summed E-state index contributed by atoms with van der Waals surface area (Å²) in [4.78, 5) is 12.2. The van der Waals surface area contributed by atoms with Gasteiger partial charge >= 0.3 is 0 Å². The Morgan fingerprint density at radius 2 is 2.18 bits per heavy atom. The molecule has 1 saturated carbocycles. The van der Waals surface area contributed by atoms with E-state index in [0.29, 0.717) is 11.6 Å². The van der Waals surface area contributed by atoms with Crippen LogP contribution in [-0.4, -0.2) is 22.1 Å². The second-order valence-electron chi connectivity index (χ2n) is 4.59. The van der Waals surface area contributed by atoms with Crippen molar-refractivity contribution in [2.24, 2.45) is 0 Å². The van der Waals surface area contributed by atoms with Crippen molar-refractivity contribution in [3.8, 4) is 0 Å². The van der Waals surface area contributed by atoms with E-state index in [9.17, 15) is 4.79 Å². The minimum atomic E-state index is 0.0175. The fourth-order valence-electron chi connectivity index (χ4n) is 2.50. The molecule has 88 valence electrons. The highest BCUT2D eigenvalue weighted by Gasteiger charge is 2.19. The van der Waals surface area contributed by atoms with Gasteiger partial charge in [0.15, 0.2) is 0 Å². The van der Waals surface area contributed by atoms with Gasteiger partial charge in [0.2, 0.25) is 0 Å². The van der Waals surface area contributed by atoms with Gasteiger partial charge in [-0.2, -0.15) is 5.10 Å². The summed E-state index contributed by atoms with van der Waals surface area (Å²) in [5, 5.41) is 10.8. The molecule has 1 heterocycles. The number of carbonyl (C=O) groups is 1. The summed E-state index contributed by atoms with van der Waals surface area (Å²) in [5.41, 5.74) is 1.62. The molecule has 4 nitrogen and oxygen atoms in total. The summed E-state index contributed by atoms with van der Waals surface area (Å²) in [6.45, 7) is 0. The number of benzene rings is 1. The highest BCUT2D eigenvalue weighted by molar-refractivity contribution is 6.06. The number of amides is 1. The molecule has 1 amide bonds. The SMILES string of the molecule is O=C(NC1CCCC1)c1cccc2[nH]ncc12. The summed E-state index contributed by atoms with van der Waals surface area (Å²) in [6.07, 6.45) is 6.36. The lowest BCUT2D eigenvalue weighted by Crippen LogP contribution is -2.32. The molecule has 4 heteroatoms. The van der Waals surface area contributed by atoms with Crippen LogP contribution < -0.4 is 5.32 Å². The number of aromatic nitrogens is 2. The number of nitrogens with one attached hydrogen (secondary N) is 2.